The number of carbonyl (C=O) groups is 3. The van der Waals surface area contributed by atoms with Gasteiger partial charge in [0.25, 0.3) is 11.8 Å². The number of hydrogen-bond donors (Lipinski definition) is 1. The lowest BCUT2D eigenvalue weighted by Gasteiger charge is -2.27. The second kappa shape index (κ2) is 9.00. The van der Waals surface area contributed by atoms with Crippen LogP contribution in [0, 0.1) is 19.7 Å². The third kappa shape index (κ3) is 4.71. The van der Waals surface area contributed by atoms with E-state index in [1.807, 2.05) is 13.8 Å². The molecule has 0 aliphatic carbocycles. The Labute approximate surface area is 195 Å². The number of urea groups is 1. The van der Waals surface area contributed by atoms with Gasteiger partial charge in [0, 0.05) is 5.02 Å². The molecular weight excluding hydrogens is 443 g/mol. The van der Waals surface area contributed by atoms with Crippen molar-refractivity contribution in [3.05, 3.63) is 105 Å². The summed E-state index contributed by atoms with van der Waals surface area (Å²) in [5.74, 6) is -1.88. The van der Waals surface area contributed by atoms with E-state index in [0.29, 0.717) is 22.7 Å². The van der Waals surface area contributed by atoms with Gasteiger partial charge in [0.2, 0.25) is 0 Å². The van der Waals surface area contributed by atoms with Crippen LogP contribution in [0.1, 0.15) is 27.8 Å². The van der Waals surface area contributed by atoms with Crippen molar-refractivity contribution in [3.63, 3.8) is 0 Å². The fourth-order valence-electron chi connectivity index (χ4n) is 3.64. The Balaban J connectivity index is 1.75. The molecular formula is C26H20ClFN2O3. The number of amides is 4. The van der Waals surface area contributed by atoms with E-state index < -0.39 is 17.8 Å². The maximum atomic E-state index is 13.6. The molecule has 33 heavy (non-hydrogen) atoms. The van der Waals surface area contributed by atoms with E-state index in [0.717, 1.165) is 27.2 Å². The highest BCUT2D eigenvalue weighted by molar-refractivity contribution is 6.39. The van der Waals surface area contributed by atoms with Crippen LogP contribution in [-0.2, 0) is 16.0 Å². The molecule has 0 spiro atoms. The summed E-state index contributed by atoms with van der Waals surface area (Å²) in [7, 11) is 0. The first kappa shape index (κ1) is 22.4. The Kier molecular flexibility index (Phi) is 6.11. The number of carbonyl (C=O) groups excluding carboxylic acids is 3. The van der Waals surface area contributed by atoms with Crippen molar-refractivity contribution >= 4 is 41.2 Å². The zero-order chi connectivity index (χ0) is 23.7. The van der Waals surface area contributed by atoms with E-state index in [4.69, 9.17) is 11.6 Å². The van der Waals surface area contributed by atoms with E-state index in [1.54, 1.807) is 48.5 Å². The molecule has 0 radical (unpaired) electrons. The Morgan fingerprint density at radius 1 is 0.970 bits per heavy atom. The first-order valence-electron chi connectivity index (χ1n) is 10.2. The van der Waals surface area contributed by atoms with Gasteiger partial charge in [0.15, 0.2) is 0 Å². The molecule has 0 bridgehead atoms. The Morgan fingerprint density at radius 2 is 1.76 bits per heavy atom. The molecule has 4 rings (SSSR count). The number of barbiturate groups is 1. The van der Waals surface area contributed by atoms with Crippen molar-refractivity contribution in [2.24, 2.45) is 0 Å². The molecule has 1 aliphatic rings. The highest BCUT2D eigenvalue weighted by Crippen LogP contribution is 2.26. The molecule has 4 amide bonds. The van der Waals surface area contributed by atoms with Gasteiger partial charge >= 0.3 is 6.03 Å². The van der Waals surface area contributed by atoms with Crippen molar-refractivity contribution < 1.29 is 18.8 Å². The van der Waals surface area contributed by atoms with Crippen LogP contribution in [0.3, 0.4) is 0 Å². The first-order valence-corrected chi connectivity index (χ1v) is 10.6. The predicted molar refractivity (Wildman–Crippen MR) is 126 cm³/mol. The number of rotatable bonds is 4. The summed E-state index contributed by atoms with van der Waals surface area (Å²) < 4.78 is 13.6. The minimum atomic E-state index is -0.809. The van der Waals surface area contributed by atoms with E-state index in [9.17, 15) is 18.8 Å². The zero-order valence-electron chi connectivity index (χ0n) is 18.0. The van der Waals surface area contributed by atoms with Crippen LogP contribution in [0.4, 0.5) is 14.9 Å². The molecule has 1 N–H and O–H groups in total. The zero-order valence-corrected chi connectivity index (χ0v) is 18.7. The van der Waals surface area contributed by atoms with Gasteiger partial charge in [-0.05, 0) is 90.6 Å². The summed E-state index contributed by atoms with van der Waals surface area (Å²) in [5, 5.41) is 2.64. The molecule has 1 fully saturated rings. The number of hydrogen-bond acceptors (Lipinski definition) is 3. The first-order chi connectivity index (χ1) is 15.7. The van der Waals surface area contributed by atoms with Gasteiger partial charge in [0.1, 0.15) is 11.4 Å². The molecule has 1 aliphatic heterocycles. The average Bonchev–Trinajstić information content (AvgIpc) is 2.75. The topological polar surface area (TPSA) is 66.5 Å². The van der Waals surface area contributed by atoms with Crippen LogP contribution < -0.4 is 10.2 Å². The van der Waals surface area contributed by atoms with Crippen LogP contribution in [-0.4, -0.2) is 17.8 Å². The highest BCUT2D eigenvalue weighted by atomic mass is 35.5. The normalized spacial score (nSPS) is 15.2. The molecule has 166 valence electrons. The molecule has 0 aromatic heterocycles. The fraction of sp³-hybridized carbons (Fsp3) is 0.115. The largest absolute Gasteiger partial charge is 0.335 e. The summed E-state index contributed by atoms with van der Waals surface area (Å²) in [4.78, 5) is 39.3. The van der Waals surface area contributed by atoms with E-state index >= 15 is 0 Å². The maximum absolute atomic E-state index is 13.6. The van der Waals surface area contributed by atoms with Crippen molar-refractivity contribution in [2.45, 2.75) is 20.3 Å². The lowest BCUT2D eigenvalue weighted by atomic mass is 9.97. The number of aryl methyl sites for hydroxylation is 2. The van der Waals surface area contributed by atoms with Gasteiger partial charge in [-0.15, -0.1) is 0 Å². The summed E-state index contributed by atoms with van der Waals surface area (Å²) >= 11 is 6.18. The summed E-state index contributed by atoms with van der Waals surface area (Å²) in [5.41, 5.74) is 4.08. The average molecular weight is 463 g/mol. The number of nitrogens with zero attached hydrogens (tertiary/aromatic N) is 1. The van der Waals surface area contributed by atoms with E-state index in [2.05, 4.69) is 5.32 Å². The monoisotopic (exact) mass is 462 g/mol. The number of benzene rings is 3. The minimum absolute atomic E-state index is 0.199. The SMILES string of the molecule is Cc1ccc(N2C(=O)NC(=O)/C(=C\c3cc(Cl)ccc3Cc3cccc(F)c3)C2=O)cc1C. The van der Waals surface area contributed by atoms with Crippen molar-refractivity contribution in [1.82, 2.24) is 5.32 Å². The van der Waals surface area contributed by atoms with Crippen LogP contribution in [0.25, 0.3) is 6.08 Å². The maximum Gasteiger partial charge on any atom is 0.335 e. The summed E-state index contributed by atoms with van der Waals surface area (Å²) in [6.45, 7) is 3.79. The lowest BCUT2D eigenvalue weighted by molar-refractivity contribution is -0.122. The molecule has 0 saturated carbocycles. The molecule has 5 nitrogen and oxygen atoms in total. The second-order valence-electron chi connectivity index (χ2n) is 7.88. The number of nitrogens with one attached hydrogen (secondary N) is 1. The van der Waals surface area contributed by atoms with Gasteiger partial charge in [-0.3, -0.25) is 14.9 Å². The summed E-state index contributed by atoms with van der Waals surface area (Å²) in [6.07, 6.45) is 1.78. The van der Waals surface area contributed by atoms with Gasteiger partial charge in [-0.1, -0.05) is 35.9 Å². The lowest BCUT2D eigenvalue weighted by Crippen LogP contribution is -2.54. The van der Waals surface area contributed by atoms with Crippen molar-refractivity contribution in [2.75, 3.05) is 4.90 Å². The number of halogens is 2. The van der Waals surface area contributed by atoms with Gasteiger partial charge < -0.3 is 0 Å². The van der Waals surface area contributed by atoms with Crippen LogP contribution in [0.5, 0.6) is 0 Å². The Morgan fingerprint density at radius 3 is 2.48 bits per heavy atom. The Bertz CT molecular complexity index is 1330. The summed E-state index contributed by atoms with van der Waals surface area (Å²) in [6, 6.07) is 15.6. The van der Waals surface area contributed by atoms with Crippen molar-refractivity contribution in [3.8, 4) is 0 Å². The fourth-order valence-corrected chi connectivity index (χ4v) is 3.82. The smallest absolute Gasteiger partial charge is 0.273 e. The van der Waals surface area contributed by atoms with Crippen LogP contribution in [0.2, 0.25) is 5.02 Å². The number of anilines is 1. The van der Waals surface area contributed by atoms with E-state index in [1.165, 1.54) is 18.2 Å². The predicted octanol–water partition coefficient (Wildman–Crippen LogP) is 5.35. The Hall–Kier alpha value is -3.77. The minimum Gasteiger partial charge on any atom is -0.273 e. The second-order valence-corrected chi connectivity index (χ2v) is 8.31. The third-order valence-corrected chi connectivity index (χ3v) is 5.78. The molecule has 3 aromatic carbocycles. The standard InChI is InChI=1S/C26H20ClFN2O3/c1-15-6-9-22(10-16(15)2)30-25(32)23(24(31)29-26(30)33)14-19-13-20(27)8-7-18(19)11-17-4-3-5-21(28)12-17/h3-10,12-14H,11H2,1-2H3,(H,29,31,33)/b23-14+. The number of imide groups is 2. The molecule has 0 atom stereocenters. The van der Waals surface area contributed by atoms with Gasteiger partial charge in [-0.2, -0.15) is 0 Å². The van der Waals surface area contributed by atoms with Crippen molar-refractivity contribution in [1.29, 1.82) is 0 Å². The van der Waals surface area contributed by atoms with Gasteiger partial charge in [-0.25, -0.2) is 14.1 Å². The highest BCUT2D eigenvalue weighted by Gasteiger charge is 2.37. The molecule has 0 unspecified atom stereocenters. The van der Waals surface area contributed by atoms with E-state index in [-0.39, 0.29) is 11.4 Å². The third-order valence-electron chi connectivity index (χ3n) is 5.54. The molecule has 3 aromatic rings. The quantitative estimate of drug-likeness (QED) is 0.419. The molecule has 1 saturated heterocycles. The van der Waals surface area contributed by atoms with Crippen LogP contribution in [0.15, 0.2) is 66.2 Å². The van der Waals surface area contributed by atoms with Crippen LogP contribution >= 0.6 is 11.6 Å². The van der Waals surface area contributed by atoms with Gasteiger partial charge in [0.05, 0.1) is 5.69 Å². The molecule has 7 heteroatoms. The molecule has 1 heterocycles.